The van der Waals surface area contributed by atoms with Crippen molar-refractivity contribution in [3.05, 3.63) is 0 Å². The Balaban J connectivity index is 2.26. The number of Topliss-reactive ketones (excluding diaryl/α,β-unsaturated/α-hetero) is 1. The van der Waals surface area contributed by atoms with Gasteiger partial charge in [0, 0.05) is 12.3 Å². The molecule has 1 aliphatic rings. The van der Waals surface area contributed by atoms with E-state index in [1.54, 1.807) is 6.92 Å². The van der Waals surface area contributed by atoms with Gasteiger partial charge in [0.15, 0.2) is 0 Å². The molecule has 0 aromatic heterocycles. The van der Waals surface area contributed by atoms with Gasteiger partial charge in [-0.1, -0.05) is 19.8 Å². The van der Waals surface area contributed by atoms with E-state index in [0.717, 1.165) is 19.3 Å². The van der Waals surface area contributed by atoms with Crippen LogP contribution in [0, 0.1) is 11.8 Å². The summed E-state index contributed by atoms with van der Waals surface area (Å²) in [6, 6.07) is 0. The molecule has 0 aliphatic heterocycles. The molecule has 16 heavy (non-hydrogen) atoms. The van der Waals surface area contributed by atoms with Crippen molar-refractivity contribution < 1.29 is 14.3 Å². The van der Waals surface area contributed by atoms with Crippen LogP contribution in [0.15, 0.2) is 0 Å². The molecule has 92 valence electrons. The van der Waals surface area contributed by atoms with Gasteiger partial charge in [0.05, 0.1) is 13.0 Å². The maximum absolute atomic E-state index is 11.8. The summed E-state index contributed by atoms with van der Waals surface area (Å²) in [6.45, 7) is 4.38. The average molecular weight is 226 g/mol. The highest BCUT2D eigenvalue weighted by Gasteiger charge is 2.24. The van der Waals surface area contributed by atoms with Crippen molar-refractivity contribution in [2.75, 3.05) is 6.61 Å². The van der Waals surface area contributed by atoms with E-state index in [2.05, 4.69) is 6.92 Å². The van der Waals surface area contributed by atoms with Crippen molar-refractivity contribution in [1.29, 1.82) is 0 Å². The summed E-state index contributed by atoms with van der Waals surface area (Å²) in [4.78, 5) is 23.0. The van der Waals surface area contributed by atoms with Crippen LogP contribution in [0.2, 0.25) is 0 Å². The van der Waals surface area contributed by atoms with Crippen molar-refractivity contribution in [2.24, 2.45) is 11.8 Å². The lowest BCUT2D eigenvalue weighted by atomic mass is 9.79. The van der Waals surface area contributed by atoms with Gasteiger partial charge in [-0.25, -0.2) is 0 Å². The SMILES string of the molecule is CCOC(=O)CCC(=O)C1CCCC(C)C1. The Hall–Kier alpha value is -0.860. The second-order valence-corrected chi connectivity index (χ2v) is 4.74. The Morgan fingerprint density at radius 2 is 2.00 bits per heavy atom. The average Bonchev–Trinajstić information content (AvgIpc) is 2.26. The molecule has 2 unspecified atom stereocenters. The van der Waals surface area contributed by atoms with Gasteiger partial charge in [0.2, 0.25) is 0 Å². The Bertz CT molecular complexity index is 248. The minimum absolute atomic E-state index is 0.193. The number of ketones is 1. The van der Waals surface area contributed by atoms with E-state index in [1.807, 2.05) is 0 Å². The number of esters is 1. The van der Waals surface area contributed by atoms with Crippen LogP contribution in [-0.2, 0) is 14.3 Å². The standard InChI is InChI=1S/C13H22O3/c1-3-16-13(15)8-7-12(14)11-6-4-5-10(2)9-11/h10-11H,3-9H2,1-2H3. The van der Waals surface area contributed by atoms with Gasteiger partial charge in [0.25, 0.3) is 0 Å². The van der Waals surface area contributed by atoms with Crippen LogP contribution >= 0.6 is 0 Å². The fraction of sp³-hybridized carbons (Fsp3) is 0.846. The fourth-order valence-electron chi connectivity index (χ4n) is 2.39. The predicted molar refractivity (Wildman–Crippen MR) is 62.0 cm³/mol. The molecule has 2 atom stereocenters. The van der Waals surface area contributed by atoms with Crippen LogP contribution in [0.3, 0.4) is 0 Å². The third-order valence-electron chi connectivity index (χ3n) is 3.27. The van der Waals surface area contributed by atoms with Crippen molar-refractivity contribution in [1.82, 2.24) is 0 Å². The van der Waals surface area contributed by atoms with Gasteiger partial charge in [-0.05, 0) is 25.7 Å². The van der Waals surface area contributed by atoms with Crippen LogP contribution in [0.4, 0.5) is 0 Å². The minimum Gasteiger partial charge on any atom is -0.466 e. The minimum atomic E-state index is -0.250. The quantitative estimate of drug-likeness (QED) is 0.677. The molecule has 1 saturated carbocycles. The molecule has 0 radical (unpaired) electrons. The zero-order chi connectivity index (χ0) is 12.0. The Labute approximate surface area is 97.5 Å². The maximum atomic E-state index is 11.8. The van der Waals surface area contributed by atoms with Gasteiger partial charge in [0.1, 0.15) is 5.78 Å². The molecule has 1 fully saturated rings. The zero-order valence-corrected chi connectivity index (χ0v) is 10.3. The van der Waals surface area contributed by atoms with E-state index < -0.39 is 0 Å². The van der Waals surface area contributed by atoms with Crippen LogP contribution < -0.4 is 0 Å². The molecular formula is C13H22O3. The molecule has 3 heteroatoms. The van der Waals surface area contributed by atoms with E-state index in [9.17, 15) is 9.59 Å². The van der Waals surface area contributed by atoms with Crippen LogP contribution in [0.5, 0.6) is 0 Å². The maximum Gasteiger partial charge on any atom is 0.306 e. The molecule has 1 aliphatic carbocycles. The number of ether oxygens (including phenoxy) is 1. The molecule has 0 bridgehead atoms. The number of carbonyl (C=O) groups excluding carboxylic acids is 2. The molecule has 0 spiro atoms. The van der Waals surface area contributed by atoms with E-state index >= 15 is 0 Å². The number of rotatable bonds is 5. The summed E-state index contributed by atoms with van der Waals surface area (Å²) >= 11 is 0. The van der Waals surface area contributed by atoms with Gasteiger partial charge in [-0.15, -0.1) is 0 Å². The highest BCUT2D eigenvalue weighted by Crippen LogP contribution is 2.30. The zero-order valence-electron chi connectivity index (χ0n) is 10.3. The molecule has 3 nitrogen and oxygen atoms in total. The Morgan fingerprint density at radius 1 is 1.25 bits per heavy atom. The second kappa shape index (κ2) is 6.66. The predicted octanol–water partition coefficient (Wildman–Crippen LogP) is 2.73. The molecule has 0 aromatic carbocycles. The third kappa shape index (κ3) is 4.33. The monoisotopic (exact) mass is 226 g/mol. The van der Waals surface area contributed by atoms with Crippen LogP contribution in [0.1, 0.15) is 52.4 Å². The fourth-order valence-corrected chi connectivity index (χ4v) is 2.39. The van der Waals surface area contributed by atoms with Crippen molar-refractivity contribution in [3.63, 3.8) is 0 Å². The largest absolute Gasteiger partial charge is 0.466 e. The van der Waals surface area contributed by atoms with Crippen LogP contribution in [-0.4, -0.2) is 18.4 Å². The first kappa shape index (κ1) is 13.2. The summed E-state index contributed by atoms with van der Waals surface area (Å²) in [5, 5.41) is 0. The Morgan fingerprint density at radius 3 is 2.62 bits per heavy atom. The molecule has 0 heterocycles. The first-order valence-corrected chi connectivity index (χ1v) is 6.31. The van der Waals surface area contributed by atoms with E-state index in [4.69, 9.17) is 4.74 Å². The van der Waals surface area contributed by atoms with Crippen LogP contribution in [0.25, 0.3) is 0 Å². The van der Waals surface area contributed by atoms with E-state index in [1.165, 1.54) is 6.42 Å². The summed E-state index contributed by atoms with van der Waals surface area (Å²) in [7, 11) is 0. The van der Waals surface area contributed by atoms with Crippen molar-refractivity contribution in [2.45, 2.75) is 52.4 Å². The lowest BCUT2D eigenvalue weighted by Crippen LogP contribution is -2.22. The van der Waals surface area contributed by atoms with Crippen molar-refractivity contribution >= 4 is 11.8 Å². The summed E-state index contributed by atoms with van der Waals surface area (Å²) < 4.78 is 4.81. The molecule has 0 aromatic rings. The van der Waals surface area contributed by atoms with Gasteiger partial charge in [-0.3, -0.25) is 9.59 Å². The van der Waals surface area contributed by atoms with E-state index in [-0.39, 0.29) is 24.1 Å². The molecule has 1 rings (SSSR count). The number of carbonyl (C=O) groups is 2. The smallest absolute Gasteiger partial charge is 0.306 e. The first-order chi connectivity index (χ1) is 7.63. The lowest BCUT2D eigenvalue weighted by molar-refractivity contribution is -0.144. The highest BCUT2D eigenvalue weighted by molar-refractivity contribution is 5.84. The topological polar surface area (TPSA) is 43.4 Å². The summed E-state index contributed by atoms with van der Waals surface area (Å²) in [5.41, 5.74) is 0. The summed E-state index contributed by atoms with van der Waals surface area (Å²) in [5.74, 6) is 0.850. The van der Waals surface area contributed by atoms with Gasteiger partial charge >= 0.3 is 5.97 Å². The number of hydrogen-bond donors (Lipinski definition) is 0. The molecular weight excluding hydrogens is 204 g/mol. The normalized spacial score (nSPS) is 25.1. The van der Waals surface area contributed by atoms with E-state index in [0.29, 0.717) is 18.9 Å². The van der Waals surface area contributed by atoms with Crippen molar-refractivity contribution in [3.8, 4) is 0 Å². The molecule has 0 saturated heterocycles. The summed E-state index contributed by atoms with van der Waals surface area (Å²) in [6.07, 6.45) is 5.00. The van der Waals surface area contributed by atoms with Gasteiger partial charge in [-0.2, -0.15) is 0 Å². The molecule has 0 N–H and O–H groups in total. The Kier molecular flexibility index (Phi) is 5.50. The highest BCUT2D eigenvalue weighted by atomic mass is 16.5. The first-order valence-electron chi connectivity index (χ1n) is 6.31. The second-order valence-electron chi connectivity index (χ2n) is 4.74. The number of hydrogen-bond acceptors (Lipinski definition) is 3. The lowest BCUT2D eigenvalue weighted by Gasteiger charge is -2.25. The van der Waals surface area contributed by atoms with Gasteiger partial charge < -0.3 is 4.74 Å². The molecule has 0 amide bonds. The third-order valence-corrected chi connectivity index (χ3v) is 3.27.